The van der Waals surface area contributed by atoms with E-state index in [1.54, 1.807) is 23.1 Å². The standard InChI is InChI=1S/C14H10Cl2N6OS/c15-9-3-1-2-8(11(9)16)14(23)21-4-5-22-10(6-21)19-20-12(22)13-17-7-18-24-13/h1-3,7H,4-6H2. The molecular formula is C14H10Cl2N6OS. The predicted molar refractivity (Wildman–Crippen MR) is 90.1 cm³/mol. The van der Waals surface area contributed by atoms with Gasteiger partial charge in [0, 0.05) is 13.1 Å². The molecular weight excluding hydrogens is 371 g/mol. The van der Waals surface area contributed by atoms with Crippen molar-refractivity contribution in [2.75, 3.05) is 6.54 Å². The highest BCUT2D eigenvalue weighted by atomic mass is 35.5. The molecule has 10 heteroatoms. The number of carbonyl (C=O) groups excluding carboxylic acids is 1. The van der Waals surface area contributed by atoms with Gasteiger partial charge in [-0.1, -0.05) is 29.3 Å². The Balaban J connectivity index is 1.61. The molecule has 0 spiro atoms. The van der Waals surface area contributed by atoms with E-state index in [2.05, 4.69) is 19.6 Å². The quantitative estimate of drug-likeness (QED) is 0.682. The molecule has 7 nitrogen and oxygen atoms in total. The zero-order chi connectivity index (χ0) is 16.7. The van der Waals surface area contributed by atoms with Crippen LogP contribution in [-0.2, 0) is 13.1 Å². The number of hydrogen-bond acceptors (Lipinski definition) is 6. The Morgan fingerprint density at radius 1 is 1.21 bits per heavy atom. The molecule has 0 saturated carbocycles. The van der Waals surface area contributed by atoms with Gasteiger partial charge in [-0.05, 0) is 23.7 Å². The fraction of sp³-hybridized carbons (Fsp3) is 0.214. The monoisotopic (exact) mass is 380 g/mol. The van der Waals surface area contributed by atoms with Crippen molar-refractivity contribution in [3.8, 4) is 10.8 Å². The summed E-state index contributed by atoms with van der Waals surface area (Å²) in [5, 5.41) is 9.70. The normalized spacial score (nSPS) is 13.8. The van der Waals surface area contributed by atoms with Crippen LogP contribution in [0.4, 0.5) is 0 Å². The van der Waals surface area contributed by atoms with Crippen molar-refractivity contribution in [1.82, 2.24) is 29.0 Å². The van der Waals surface area contributed by atoms with Gasteiger partial charge in [0.2, 0.25) is 0 Å². The molecule has 0 fully saturated rings. The van der Waals surface area contributed by atoms with E-state index in [1.165, 1.54) is 17.9 Å². The first-order valence-electron chi connectivity index (χ1n) is 7.07. The molecule has 2 aromatic heterocycles. The number of benzene rings is 1. The number of carbonyl (C=O) groups is 1. The summed E-state index contributed by atoms with van der Waals surface area (Å²) in [6, 6.07) is 5.03. The van der Waals surface area contributed by atoms with Crippen LogP contribution >= 0.6 is 34.7 Å². The zero-order valence-corrected chi connectivity index (χ0v) is 14.5. The molecule has 0 atom stereocenters. The predicted octanol–water partition coefficient (Wildman–Crippen LogP) is 2.76. The Morgan fingerprint density at radius 3 is 2.88 bits per heavy atom. The van der Waals surface area contributed by atoms with Crippen molar-refractivity contribution < 1.29 is 4.79 Å². The lowest BCUT2D eigenvalue weighted by Gasteiger charge is -2.28. The van der Waals surface area contributed by atoms with Gasteiger partial charge in [0.1, 0.15) is 6.33 Å². The van der Waals surface area contributed by atoms with Gasteiger partial charge in [-0.3, -0.25) is 4.79 Å². The molecule has 1 amide bonds. The summed E-state index contributed by atoms with van der Waals surface area (Å²) in [6.07, 6.45) is 1.49. The van der Waals surface area contributed by atoms with Crippen LogP contribution in [0.1, 0.15) is 16.2 Å². The molecule has 0 unspecified atom stereocenters. The third kappa shape index (κ3) is 2.56. The van der Waals surface area contributed by atoms with E-state index in [-0.39, 0.29) is 10.9 Å². The third-order valence-corrected chi connectivity index (χ3v) is 5.25. The van der Waals surface area contributed by atoms with Crippen molar-refractivity contribution in [2.24, 2.45) is 0 Å². The highest BCUT2D eigenvalue weighted by Gasteiger charge is 2.27. The van der Waals surface area contributed by atoms with Crippen molar-refractivity contribution >= 4 is 40.6 Å². The maximum Gasteiger partial charge on any atom is 0.255 e. The van der Waals surface area contributed by atoms with Crippen molar-refractivity contribution in [2.45, 2.75) is 13.1 Å². The van der Waals surface area contributed by atoms with E-state index < -0.39 is 0 Å². The minimum atomic E-state index is -0.172. The lowest BCUT2D eigenvalue weighted by atomic mass is 10.2. The van der Waals surface area contributed by atoms with Gasteiger partial charge in [0.05, 0.1) is 22.2 Å². The molecule has 0 aliphatic carbocycles. The summed E-state index contributed by atoms with van der Waals surface area (Å²) in [5.41, 5.74) is 0.390. The Hall–Kier alpha value is -2.03. The van der Waals surface area contributed by atoms with E-state index in [1.807, 2.05) is 4.57 Å². The SMILES string of the molecule is O=C(c1cccc(Cl)c1Cl)N1CCn2c(nnc2-c2ncns2)C1. The fourth-order valence-corrected chi connectivity index (χ4v) is 3.50. The summed E-state index contributed by atoms with van der Waals surface area (Å²) in [5.74, 6) is 1.22. The zero-order valence-electron chi connectivity index (χ0n) is 12.2. The van der Waals surface area contributed by atoms with E-state index in [9.17, 15) is 4.79 Å². The van der Waals surface area contributed by atoms with Crippen LogP contribution in [-0.4, -0.2) is 41.5 Å². The lowest BCUT2D eigenvalue weighted by molar-refractivity contribution is 0.0708. The second kappa shape index (κ2) is 6.12. The third-order valence-electron chi connectivity index (χ3n) is 3.78. The smallest absolute Gasteiger partial charge is 0.255 e. The summed E-state index contributed by atoms with van der Waals surface area (Å²) in [4.78, 5) is 18.6. The van der Waals surface area contributed by atoms with Crippen molar-refractivity contribution in [1.29, 1.82) is 0 Å². The molecule has 4 rings (SSSR count). The minimum absolute atomic E-state index is 0.172. The first-order valence-corrected chi connectivity index (χ1v) is 8.60. The van der Waals surface area contributed by atoms with Gasteiger partial charge in [-0.25, -0.2) is 4.98 Å². The molecule has 24 heavy (non-hydrogen) atoms. The van der Waals surface area contributed by atoms with Crippen LogP contribution in [0.25, 0.3) is 10.8 Å². The highest BCUT2D eigenvalue weighted by Crippen LogP contribution is 2.28. The topological polar surface area (TPSA) is 76.8 Å². The second-order valence-electron chi connectivity index (χ2n) is 5.17. The molecule has 1 aromatic carbocycles. The van der Waals surface area contributed by atoms with Crippen LogP contribution in [0.5, 0.6) is 0 Å². The molecule has 3 aromatic rings. The van der Waals surface area contributed by atoms with Gasteiger partial charge in [0.25, 0.3) is 5.91 Å². The van der Waals surface area contributed by atoms with E-state index in [0.29, 0.717) is 46.9 Å². The lowest BCUT2D eigenvalue weighted by Crippen LogP contribution is -2.38. The van der Waals surface area contributed by atoms with Gasteiger partial charge < -0.3 is 9.47 Å². The summed E-state index contributed by atoms with van der Waals surface area (Å²) < 4.78 is 5.95. The molecule has 0 bridgehead atoms. The molecule has 1 aliphatic rings. The molecule has 1 aliphatic heterocycles. The van der Waals surface area contributed by atoms with Gasteiger partial charge in [-0.2, -0.15) is 4.37 Å². The largest absolute Gasteiger partial charge is 0.329 e. The van der Waals surface area contributed by atoms with Crippen LogP contribution in [0.3, 0.4) is 0 Å². The number of nitrogens with zero attached hydrogens (tertiary/aromatic N) is 6. The number of rotatable bonds is 2. The molecule has 122 valence electrons. The summed E-state index contributed by atoms with van der Waals surface area (Å²) >= 11 is 13.4. The maximum absolute atomic E-state index is 12.7. The molecule has 0 N–H and O–H groups in total. The van der Waals surface area contributed by atoms with Crippen molar-refractivity contribution in [3.63, 3.8) is 0 Å². The van der Waals surface area contributed by atoms with Gasteiger partial charge in [-0.15, -0.1) is 10.2 Å². The second-order valence-corrected chi connectivity index (χ2v) is 6.73. The van der Waals surface area contributed by atoms with E-state index in [0.717, 1.165) is 0 Å². The number of halogens is 2. The summed E-state index contributed by atoms with van der Waals surface area (Å²) in [7, 11) is 0. The van der Waals surface area contributed by atoms with E-state index >= 15 is 0 Å². The van der Waals surface area contributed by atoms with Gasteiger partial charge in [0.15, 0.2) is 16.7 Å². The maximum atomic E-state index is 12.7. The highest BCUT2D eigenvalue weighted by molar-refractivity contribution is 7.08. The fourth-order valence-electron chi connectivity index (χ4n) is 2.60. The minimum Gasteiger partial charge on any atom is -0.329 e. The van der Waals surface area contributed by atoms with Crippen LogP contribution in [0.2, 0.25) is 10.0 Å². The number of fused-ring (bicyclic) bond motifs is 1. The average Bonchev–Trinajstić information content (AvgIpc) is 3.25. The van der Waals surface area contributed by atoms with Crippen LogP contribution in [0.15, 0.2) is 24.5 Å². The number of hydrogen-bond donors (Lipinski definition) is 0. The number of aromatic nitrogens is 5. The summed E-state index contributed by atoms with van der Waals surface area (Å²) in [6.45, 7) is 1.47. The van der Waals surface area contributed by atoms with Crippen LogP contribution < -0.4 is 0 Å². The first kappa shape index (κ1) is 15.5. The Kier molecular flexibility index (Phi) is 3.95. The molecule has 0 radical (unpaired) electrons. The molecule has 0 saturated heterocycles. The molecule has 3 heterocycles. The van der Waals surface area contributed by atoms with Crippen LogP contribution in [0, 0.1) is 0 Å². The van der Waals surface area contributed by atoms with Gasteiger partial charge >= 0.3 is 0 Å². The van der Waals surface area contributed by atoms with E-state index in [4.69, 9.17) is 23.2 Å². The number of amides is 1. The Morgan fingerprint density at radius 2 is 2.08 bits per heavy atom. The van der Waals surface area contributed by atoms with Crippen molar-refractivity contribution in [3.05, 3.63) is 46.0 Å². The first-order chi connectivity index (χ1) is 11.6. The Bertz CT molecular complexity index is 910. The average molecular weight is 381 g/mol. The Labute approximate surface area is 151 Å².